The van der Waals surface area contributed by atoms with Crippen LogP contribution in [0.3, 0.4) is 0 Å². The van der Waals surface area contributed by atoms with E-state index < -0.39 is 15.3 Å². The van der Waals surface area contributed by atoms with Gasteiger partial charge < -0.3 is 5.73 Å². The Bertz CT molecular complexity index is 341. The lowest BCUT2D eigenvalue weighted by atomic mass is 9.90. The molecule has 5 heteroatoms. The van der Waals surface area contributed by atoms with Crippen LogP contribution in [0, 0.1) is 16.7 Å². The lowest BCUT2D eigenvalue weighted by Crippen LogP contribution is -2.24. The maximum atomic E-state index is 11.8. The van der Waals surface area contributed by atoms with E-state index in [0.717, 1.165) is 0 Å². The monoisotopic (exact) mass is 246 g/mol. The first-order valence-corrected chi connectivity index (χ1v) is 7.29. The summed E-state index contributed by atoms with van der Waals surface area (Å²) in [7, 11) is -3.04. The fourth-order valence-electron chi connectivity index (χ4n) is 1.39. The van der Waals surface area contributed by atoms with Crippen molar-refractivity contribution in [2.75, 3.05) is 12.3 Å². The zero-order valence-electron chi connectivity index (χ0n) is 10.4. The van der Waals surface area contributed by atoms with Crippen molar-refractivity contribution in [3.8, 4) is 6.07 Å². The van der Waals surface area contributed by atoms with Gasteiger partial charge in [-0.3, -0.25) is 0 Å². The predicted molar refractivity (Wildman–Crippen MR) is 65.5 cm³/mol. The van der Waals surface area contributed by atoms with Gasteiger partial charge in [0.25, 0.3) is 0 Å². The number of hydrogen-bond donors (Lipinski definition) is 1. The van der Waals surface area contributed by atoms with Gasteiger partial charge >= 0.3 is 0 Å². The summed E-state index contributed by atoms with van der Waals surface area (Å²) in [6.07, 6.45) is 1.65. The molecule has 0 aromatic heterocycles. The second-order valence-corrected chi connectivity index (χ2v) is 7.39. The predicted octanol–water partition coefficient (Wildman–Crippen LogP) is 1.47. The van der Waals surface area contributed by atoms with E-state index in [1.54, 1.807) is 6.92 Å². The Kier molecular flexibility index (Phi) is 5.98. The molecule has 0 aliphatic heterocycles. The highest BCUT2D eigenvalue weighted by molar-refractivity contribution is 7.91. The third-order valence-electron chi connectivity index (χ3n) is 2.72. The molecule has 0 aromatic rings. The molecule has 1 atom stereocenters. The van der Waals surface area contributed by atoms with Crippen molar-refractivity contribution in [1.29, 1.82) is 5.26 Å². The summed E-state index contributed by atoms with van der Waals surface area (Å²) in [4.78, 5) is 0. The van der Waals surface area contributed by atoms with Gasteiger partial charge in [0.15, 0.2) is 9.84 Å². The molecule has 0 saturated carbocycles. The van der Waals surface area contributed by atoms with Gasteiger partial charge in [0.2, 0.25) is 0 Å². The summed E-state index contributed by atoms with van der Waals surface area (Å²) >= 11 is 0. The Morgan fingerprint density at radius 1 is 1.44 bits per heavy atom. The van der Waals surface area contributed by atoms with Crippen LogP contribution < -0.4 is 5.73 Å². The second kappa shape index (κ2) is 6.21. The quantitative estimate of drug-likeness (QED) is 0.737. The summed E-state index contributed by atoms with van der Waals surface area (Å²) in [5.41, 5.74) is 4.90. The van der Waals surface area contributed by atoms with E-state index >= 15 is 0 Å². The summed E-state index contributed by atoms with van der Waals surface area (Å²) < 4.78 is 23.5. The second-order valence-electron chi connectivity index (χ2n) is 4.85. The standard InChI is InChI=1S/C11H22N2O2S/c1-10(5-7-12)16(14,15)8-4-6-11(2,3)9-13/h10H,4-8,12H2,1-3H3. The van der Waals surface area contributed by atoms with Crippen LogP contribution in [0.1, 0.15) is 40.0 Å². The molecule has 0 amide bonds. The van der Waals surface area contributed by atoms with Crippen molar-refractivity contribution < 1.29 is 8.42 Å². The van der Waals surface area contributed by atoms with E-state index in [4.69, 9.17) is 11.0 Å². The summed E-state index contributed by atoms with van der Waals surface area (Å²) in [6, 6.07) is 2.17. The highest BCUT2D eigenvalue weighted by Crippen LogP contribution is 2.21. The Morgan fingerprint density at radius 3 is 2.44 bits per heavy atom. The molecular formula is C11H22N2O2S. The van der Waals surface area contributed by atoms with Crippen LogP contribution in [0.25, 0.3) is 0 Å². The third kappa shape index (κ3) is 5.47. The average Bonchev–Trinajstić information content (AvgIpc) is 2.17. The van der Waals surface area contributed by atoms with Gasteiger partial charge in [0, 0.05) is 0 Å². The molecule has 0 bridgehead atoms. The molecule has 0 spiro atoms. The Labute approximate surface area is 98.7 Å². The molecule has 0 rings (SSSR count). The van der Waals surface area contributed by atoms with Crippen molar-refractivity contribution in [2.24, 2.45) is 11.1 Å². The van der Waals surface area contributed by atoms with E-state index in [2.05, 4.69) is 6.07 Å². The van der Waals surface area contributed by atoms with Gasteiger partial charge in [-0.05, 0) is 46.6 Å². The molecule has 1 unspecified atom stereocenters. The van der Waals surface area contributed by atoms with Crippen LogP contribution in [-0.2, 0) is 9.84 Å². The van der Waals surface area contributed by atoms with Gasteiger partial charge in [-0.25, -0.2) is 8.42 Å². The number of nitriles is 1. The lowest BCUT2D eigenvalue weighted by Gasteiger charge is -2.16. The van der Waals surface area contributed by atoms with Crippen LogP contribution in [0.15, 0.2) is 0 Å². The first-order chi connectivity index (χ1) is 7.25. The fourth-order valence-corrected chi connectivity index (χ4v) is 2.83. The molecule has 0 fully saturated rings. The third-order valence-corrected chi connectivity index (χ3v) is 5.04. The molecule has 0 heterocycles. The van der Waals surface area contributed by atoms with Crippen molar-refractivity contribution in [3.63, 3.8) is 0 Å². The smallest absolute Gasteiger partial charge is 0.152 e. The summed E-state index contributed by atoms with van der Waals surface area (Å²) in [5.74, 6) is 0.152. The van der Waals surface area contributed by atoms with Crippen molar-refractivity contribution >= 4 is 9.84 Å². The molecule has 0 radical (unpaired) electrons. The maximum absolute atomic E-state index is 11.8. The van der Waals surface area contributed by atoms with Crippen LogP contribution in [0.2, 0.25) is 0 Å². The highest BCUT2D eigenvalue weighted by Gasteiger charge is 2.22. The van der Waals surface area contributed by atoms with Crippen molar-refractivity contribution in [3.05, 3.63) is 0 Å². The lowest BCUT2D eigenvalue weighted by molar-refractivity contribution is 0.444. The zero-order chi connectivity index (χ0) is 12.8. The number of rotatable bonds is 7. The molecule has 0 aromatic carbocycles. The molecule has 0 aliphatic rings. The fraction of sp³-hybridized carbons (Fsp3) is 0.909. The zero-order valence-corrected chi connectivity index (χ0v) is 11.2. The molecule has 2 N–H and O–H groups in total. The molecule has 16 heavy (non-hydrogen) atoms. The summed E-state index contributed by atoms with van der Waals surface area (Å²) in [5, 5.41) is 8.43. The highest BCUT2D eigenvalue weighted by atomic mass is 32.2. The largest absolute Gasteiger partial charge is 0.330 e. The van der Waals surface area contributed by atoms with E-state index in [1.165, 1.54) is 0 Å². The summed E-state index contributed by atoms with van der Waals surface area (Å²) in [6.45, 7) is 5.73. The molecule has 4 nitrogen and oxygen atoms in total. The minimum Gasteiger partial charge on any atom is -0.330 e. The maximum Gasteiger partial charge on any atom is 0.152 e. The SMILES string of the molecule is CC(CCN)S(=O)(=O)CCCC(C)(C)C#N. The number of hydrogen-bond acceptors (Lipinski definition) is 4. The van der Waals surface area contributed by atoms with E-state index in [9.17, 15) is 8.42 Å². The minimum atomic E-state index is -3.04. The topological polar surface area (TPSA) is 84.0 Å². The number of sulfone groups is 1. The molecule has 0 saturated heterocycles. The van der Waals surface area contributed by atoms with Crippen molar-refractivity contribution in [2.45, 2.75) is 45.3 Å². The van der Waals surface area contributed by atoms with Gasteiger partial charge in [0.1, 0.15) is 0 Å². The first kappa shape index (κ1) is 15.4. The Hall–Kier alpha value is -0.600. The van der Waals surface area contributed by atoms with Gasteiger partial charge in [-0.1, -0.05) is 0 Å². The van der Waals surface area contributed by atoms with Gasteiger partial charge in [-0.2, -0.15) is 5.26 Å². The normalized spacial score (nSPS) is 14.4. The van der Waals surface area contributed by atoms with Crippen LogP contribution >= 0.6 is 0 Å². The van der Waals surface area contributed by atoms with E-state index in [1.807, 2.05) is 13.8 Å². The first-order valence-electron chi connectivity index (χ1n) is 5.58. The van der Waals surface area contributed by atoms with Crippen LogP contribution in [-0.4, -0.2) is 26.0 Å². The molecule has 94 valence electrons. The van der Waals surface area contributed by atoms with Gasteiger partial charge in [0.05, 0.1) is 22.5 Å². The van der Waals surface area contributed by atoms with Gasteiger partial charge in [-0.15, -0.1) is 0 Å². The van der Waals surface area contributed by atoms with Crippen LogP contribution in [0.5, 0.6) is 0 Å². The molecular weight excluding hydrogens is 224 g/mol. The Balaban J connectivity index is 4.17. The minimum absolute atomic E-state index is 0.152. The van der Waals surface area contributed by atoms with E-state index in [0.29, 0.717) is 25.8 Å². The van der Waals surface area contributed by atoms with Crippen molar-refractivity contribution in [1.82, 2.24) is 0 Å². The Morgan fingerprint density at radius 2 is 2.00 bits per heavy atom. The number of nitrogens with zero attached hydrogens (tertiary/aromatic N) is 1. The average molecular weight is 246 g/mol. The van der Waals surface area contributed by atoms with Crippen LogP contribution in [0.4, 0.5) is 0 Å². The number of nitrogens with two attached hydrogens (primary N) is 1. The van der Waals surface area contributed by atoms with E-state index in [-0.39, 0.29) is 11.0 Å². The molecule has 0 aliphatic carbocycles.